The highest BCUT2D eigenvalue weighted by molar-refractivity contribution is 7.16. The van der Waals surface area contributed by atoms with Gasteiger partial charge in [-0.15, -0.1) is 11.3 Å². The van der Waals surface area contributed by atoms with E-state index in [0.29, 0.717) is 5.69 Å². The number of hydrogen-bond donors (Lipinski definition) is 1. The number of carbonyl (C=O) groups is 1. The zero-order chi connectivity index (χ0) is 13.2. The van der Waals surface area contributed by atoms with Crippen molar-refractivity contribution in [1.82, 2.24) is 15.3 Å². The van der Waals surface area contributed by atoms with Gasteiger partial charge in [0.15, 0.2) is 0 Å². The number of thiophene rings is 1. The van der Waals surface area contributed by atoms with Crippen LogP contribution in [0.3, 0.4) is 0 Å². The minimum atomic E-state index is -0.209. The Morgan fingerprint density at radius 2 is 2.22 bits per heavy atom. The predicted molar refractivity (Wildman–Crippen MR) is 73.9 cm³/mol. The van der Waals surface area contributed by atoms with Crippen LogP contribution in [0.5, 0.6) is 0 Å². The second-order valence-corrected chi connectivity index (χ2v) is 5.84. The number of rotatable bonds is 4. The van der Waals surface area contributed by atoms with Crippen molar-refractivity contribution in [1.29, 1.82) is 0 Å². The van der Waals surface area contributed by atoms with Crippen LogP contribution in [-0.4, -0.2) is 21.4 Å². The van der Waals surface area contributed by atoms with Gasteiger partial charge in [-0.3, -0.25) is 4.79 Å². The first-order valence-electron chi connectivity index (χ1n) is 6.04. The summed E-state index contributed by atoms with van der Waals surface area (Å²) in [5.74, 6) is -0.126. The quantitative estimate of drug-likeness (QED) is 0.922. The van der Waals surface area contributed by atoms with Crippen LogP contribution >= 0.6 is 11.3 Å². The molecule has 2 heterocycles. The van der Waals surface area contributed by atoms with Crippen molar-refractivity contribution < 1.29 is 4.79 Å². The molecule has 0 bridgehead atoms. The Kier molecular flexibility index (Phi) is 3.61. The first-order valence-corrected chi connectivity index (χ1v) is 6.92. The summed E-state index contributed by atoms with van der Waals surface area (Å²) in [6.45, 7) is 6.16. The first kappa shape index (κ1) is 13.0. The number of hydrogen-bond acceptors (Lipinski definition) is 4. The number of carbonyl (C=O) groups excluding carboxylic acids is 1. The Morgan fingerprint density at radius 1 is 1.44 bits per heavy atom. The molecule has 2 aromatic heterocycles. The van der Waals surface area contributed by atoms with Crippen molar-refractivity contribution in [2.75, 3.05) is 0 Å². The summed E-state index contributed by atoms with van der Waals surface area (Å²) in [6.07, 6.45) is 3.42. The lowest BCUT2D eigenvalue weighted by Gasteiger charge is -2.25. The molecule has 5 heteroatoms. The van der Waals surface area contributed by atoms with Crippen LogP contribution < -0.4 is 5.32 Å². The van der Waals surface area contributed by atoms with Crippen LogP contribution in [0.1, 0.15) is 44.1 Å². The lowest BCUT2D eigenvalue weighted by atomic mass is 9.98. The molecule has 0 spiro atoms. The van der Waals surface area contributed by atoms with Gasteiger partial charge in [0.1, 0.15) is 16.9 Å². The lowest BCUT2D eigenvalue weighted by Crippen LogP contribution is -2.43. The smallest absolute Gasteiger partial charge is 0.271 e. The van der Waals surface area contributed by atoms with Crippen LogP contribution in [0.15, 0.2) is 17.8 Å². The first-order chi connectivity index (χ1) is 8.53. The summed E-state index contributed by atoms with van der Waals surface area (Å²) in [6, 6.07) is 1.89. The van der Waals surface area contributed by atoms with Gasteiger partial charge in [0.05, 0.1) is 0 Å². The van der Waals surface area contributed by atoms with Crippen LogP contribution in [-0.2, 0) is 0 Å². The predicted octanol–water partition coefficient (Wildman–Crippen LogP) is 3.00. The average Bonchev–Trinajstić information content (AvgIpc) is 2.75. The molecule has 0 fully saturated rings. The Bertz CT molecular complexity index is 562. The molecule has 2 rings (SSSR count). The Balaban J connectivity index is 2.26. The zero-order valence-corrected chi connectivity index (χ0v) is 11.7. The largest absolute Gasteiger partial charge is 0.346 e. The van der Waals surface area contributed by atoms with Gasteiger partial charge in [0, 0.05) is 10.9 Å². The second-order valence-electron chi connectivity index (χ2n) is 4.95. The molecular formula is C13H17N3OS. The maximum absolute atomic E-state index is 12.3. The third-order valence-electron chi connectivity index (χ3n) is 2.80. The molecule has 0 saturated heterocycles. The van der Waals surface area contributed by atoms with Crippen molar-refractivity contribution in [3.05, 3.63) is 23.5 Å². The van der Waals surface area contributed by atoms with E-state index < -0.39 is 0 Å². The van der Waals surface area contributed by atoms with Crippen LogP contribution in [0.4, 0.5) is 0 Å². The fourth-order valence-electron chi connectivity index (χ4n) is 2.03. The molecule has 0 saturated carbocycles. The second kappa shape index (κ2) is 5.02. The topological polar surface area (TPSA) is 54.9 Å². The van der Waals surface area contributed by atoms with Gasteiger partial charge in [0.2, 0.25) is 0 Å². The highest BCUT2D eigenvalue weighted by Crippen LogP contribution is 2.21. The molecule has 0 aliphatic rings. The summed E-state index contributed by atoms with van der Waals surface area (Å²) in [4.78, 5) is 21.4. The number of nitrogens with zero attached hydrogens (tertiary/aromatic N) is 2. The standard InChI is InChI=1S/C13H17N3OS/c1-4-6-13(2,3)16-11(17)10-9-5-7-18-12(9)15-8-14-10/h5,7-8H,4,6H2,1-3H3,(H,16,17). The van der Waals surface area contributed by atoms with Gasteiger partial charge in [-0.1, -0.05) is 13.3 Å². The van der Waals surface area contributed by atoms with Crippen molar-refractivity contribution in [2.24, 2.45) is 0 Å². The lowest BCUT2D eigenvalue weighted by molar-refractivity contribution is 0.0905. The highest BCUT2D eigenvalue weighted by Gasteiger charge is 2.22. The Hall–Kier alpha value is -1.49. The highest BCUT2D eigenvalue weighted by atomic mass is 32.1. The van der Waals surface area contributed by atoms with Crippen molar-refractivity contribution in [3.63, 3.8) is 0 Å². The van der Waals surface area contributed by atoms with Gasteiger partial charge >= 0.3 is 0 Å². The molecule has 0 radical (unpaired) electrons. The van der Waals surface area contributed by atoms with Crippen molar-refractivity contribution in [3.8, 4) is 0 Å². The van der Waals surface area contributed by atoms with E-state index in [0.717, 1.165) is 23.1 Å². The van der Waals surface area contributed by atoms with E-state index in [4.69, 9.17) is 0 Å². The molecule has 0 atom stereocenters. The molecule has 1 N–H and O–H groups in total. The third kappa shape index (κ3) is 2.67. The molecule has 0 aliphatic heterocycles. The van der Waals surface area contributed by atoms with E-state index in [-0.39, 0.29) is 11.4 Å². The Morgan fingerprint density at radius 3 is 2.94 bits per heavy atom. The molecule has 1 amide bonds. The maximum atomic E-state index is 12.3. The number of aromatic nitrogens is 2. The molecular weight excluding hydrogens is 246 g/mol. The van der Waals surface area contributed by atoms with Crippen LogP contribution in [0.25, 0.3) is 10.2 Å². The van der Waals surface area contributed by atoms with E-state index in [9.17, 15) is 4.79 Å². The third-order valence-corrected chi connectivity index (χ3v) is 3.62. The molecule has 0 aliphatic carbocycles. The monoisotopic (exact) mass is 263 g/mol. The van der Waals surface area contributed by atoms with E-state index in [1.165, 1.54) is 17.7 Å². The molecule has 0 unspecified atom stereocenters. The van der Waals surface area contributed by atoms with Crippen molar-refractivity contribution >= 4 is 27.5 Å². The number of nitrogens with one attached hydrogen (secondary N) is 1. The SMILES string of the molecule is CCCC(C)(C)NC(=O)c1ncnc2sccc12. The van der Waals surface area contributed by atoms with Crippen molar-refractivity contribution in [2.45, 2.75) is 39.2 Å². The van der Waals surface area contributed by atoms with Crippen LogP contribution in [0.2, 0.25) is 0 Å². The molecule has 4 nitrogen and oxygen atoms in total. The van der Waals surface area contributed by atoms with Gasteiger partial charge in [0.25, 0.3) is 5.91 Å². The summed E-state index contributed by atoms with van der Waals surface area (Å²) in [7, 11) is 0. The maximum Gasteiger partial charge on any atom is 0.271 e. The normalized spacial score (nSPS) is 11.7. The summed E-state index contributed by atoms with van der Waals surface area (Å²) < 4.78 is 0. The minimum Gasteiger partial charge on any atom is -0.346 e. The summed E-state index contributed by atoms with van der Waals surface area (Å²) in [5, 5.41) is 5.78. The fraction of sp³-hybridized carbons (Fsp3) is 0.462. The van der Waals surface area contributed by atoms with Gasteiger partial charge < -0.3 is 5.32 Å². The van der Waals surface area contributed by atoms with E-state index in [2.05, 4.69) is 22.2 Å². The average molecular weight is 263 g/mol. The molecule has 18 heavy (non-hydrogen) atoms. The molecule has 96 valence electrons. The van der Waals surface area contributed by atoms with E-state index in [1.807, 2.05) is 25.3 Å². The minimum absolute atomic E-state index is 0.126. The van der Waals surface area contributed by atoms with E-state index in [1.54, 1.807) is 0 Å². The summed E-state index contributed by atoms with van der Waals surface area (Å²) in [5.41, 5.74) is 0.254. The fourth-order valence-corrected chi connectivity index (χ4v) is 2.76. The number of fused-ring (bicyclic) bond motifs is 1. The molecule has 0 aromatic carbocycles. The Labute approximate surface area is 110 Å². The van der Waals surface area contributed by atoms with Gasteiger partial charge in [-0.05, 0) is 31.7 Å². The molecule has 2 aromatic rings. The van der Waals surface area contributed by atoms with Crippen LogP contribution in [0, 0.1) is 0 Å². The summed E-state index contributed by atoms with van der Waals surface area (Å²) >= 11 is 1.52. The van der Waals surface area contributed by atoms with Gasteiger partial charge in [-0.2, -0.15) is 0 Å². The zero-order valence-electron chi connectivity index (χ0n) is 10.9. The van der Waals surface area contributed by atoms with E-state index >= 15 is 0 Å². The van der Waals surface area contributed by atoms with Gasteiger partial charge in [-0.25, -0.2) is 9.97 Å². The number of amides is 1.